The first kappa shape index (κ1) is 29.7. The Bertz CT molecular complexity index is 641. The van der Waals surface area contributed by atoms with Crippen molar-refractivity contribution in [2.75, 3.05) is 39.6 Å². The second-order valence-electron chi connectivity index (χ2n) is 7.64. The van der Waals surface area contributed by atoms with E-state index in [4.69, 9.17) is 33.2 Å². The van der Waals surface area contributed by atoms with Crippen LogP contribution in [0.5, 0.6) is 0 Å². The molecule has 8 heteroatoms. The molecular formula is C25H44O8. The summed E-state index contributed by atoms with van der Waals surface area (Å²) in [5.41, 5.74) is -0.902. The van der Waals surface area contributed by atoms with Crippen LogP contribution in [-0.2, 0) is 38.0 Å². The lowest BCUT2D eigenvalue weighted by molar-refractivity contribution is -0.507. The number of esters is 1. The molecule has 33 heavy (non-hydrogen) atoms. The van der Waals surface area contributed by atoms with Gasteiger partial charge in [-0.15, -0.1) is 0 Å². The van der Waals surface area contributed by atoms with Gasteiger partial charge in [0, 0.05) is 45.2 Å². The third-order valence-corrected chi connectivity index (χ3v) is 5.39. The molecule has 1 rings (SSSR count). The van der Waals surface area contributed by atoms with E-state index in [1.807, 2.05) is 47.6 Å². The smallest absolute Gasteiger partial charge is 0.336 e. The molecule has 0 amide bonds. The van der Waals surface area contributed by atoms with Crippen molar-refractivity contribution in [2.45, 2.75) is 91.2 Å². The van der Waals surface area contributed by atoms with Crippen LogP contribution in [0.4, 0.5) is 0 Å². The second-order valence-corrected chi connectivity index (χ2v) is 7.64. The Morgan fingerprint density at radius 3 is 1.55 bits per heavy atom. The fourth-order valence-electron chi connectivity index (χ4n) is 4.50. The summed E-state index contributed by atoms with van der Waals surface area (Å²) in [4.78, 5) is 12.9. The summed E-state index contributed by atoms with van der Waals surface area (Å²) in [6.07, 6.45) is 4.75. The maximum Gasteiger partial charge on any atom is 0.336 e. The molecule has 0 spiro atoms. The highest BCUT2D eigenvalue weighted by Gasteiger charge is 2.79. The van der Waals surface area contributed by atoms with Crippen molar-refractivity contribution < 1.29 is 38.0 Å². The Hall–Kier alpha value is -1.29. The highest BCUT2D eigenvalue weighted by atomic mass is 16.8. The molecule has 0 aromatic heterocycles. The van der Waals surface area contributed by atoms with E-state index in [-0.39, 0.29) is 38.6 Å². The number of hydrogen-bond acceptors (Lipinski definition) is 8. The van der Waals surface area contributed by atoms with Crippen LogP contribution in [0.2, 0.25) is 0 Å². The zero-order valence-electron chi connectivity index (χ0n) is 21.8. The minimum atomic E-state index is -1.85. The first-order valence-electron chi connectivity index (χ1n) is 12.1. The summed E-state index contributed by atoms with van der Waals surface area (Å²) >= 11 is 0. The van der Waals surface area contributed by atoms with Gasteiger partial charge >= 0.3 is 5.97 Å². The predicted molar refractivity (Wildman–Crippen MR) is 126 cm³/mol. The number of hydrogen-bond donors (Lipinski definition) is 0. The molecule has 0 saturated heterocycles. The molecule has 2 atom stereocenters. The summed E-state index contributed by atoms with van der Waals surface area (Å²) in [6.45, 7) is 19.9. The largest absolute Gasteiger partial charge is 0.420 e. The lowest BCUT2D eigenvalue weighted by Gasteiger charge is -2.61. The Kier molecular flexibility index (Phi) is 11.7. The number of carbonyl (C=O) groups excluding carboxylic acids is 1. The molecule has 0 radical (unpaired) electrons. The topological polar surface area (TPSA) is 81.7 Å². The molecule has 0 aromatic rings. The Balaban J connectivity index is 4.19. The van der Waals surface area contributed by atoms with Crippen molar-refractivity contribution in [3.8, 4) is 0 Å². The van der Waals surface area contributed by atoms with Crippen molar-refractivity contribution in [3.63, 3.8) is 0 Å². The van der Waals surface area contributed by atoms with E-state index >= 15 is 0 Å². The number of carbonyl (C=O) groups is 1. The van der Waals surface area contributed by atoms with Gasteiger partial charge in [0.25, 0.3) is 17.4 Å². The van der Waals surface area contributed by atoms with Gasteiger partial charge in [0.05, 0.1) is 0 Å². The fraction of sp³-hybridized carbons (Fsp3) is 0.800. The van der Waals surface area contributed by atoms with Gasteiger partial charge in [0.2, 0.25) is 0 Å². The molecule has 0 heterocycles. The standard InChI is InChI=1S/C25H44O8/c1-10-17-22(27-11-2)18-19-23(28-12-3,33-21(26)20(8)9)25(31-15-6,32-16-7)24(22,29-13-4)30-14-5/h18-19H,8,10-17H2,1-7,9H3. The minimum Gasteiger partial charge on any atom is -0.420 e. The van der Waals surface area contributed by atoms with Crippen LogP contribution in [0.1, 0.15) is 68.2 Å². The summed E-state index contributed by atoms with van der Waals surface area (Å²) in [5, 5.41) is 0. The monoisotopic (exact) mass is 472 g/mol. The third-order valence-electron chi connectivity index (χ3n) is 5.39. The van der Waals surface area contributed by atoms with Crippen molar-refractivity contribution in [1.29, 1.82) is 0 Å². The number of ether oxygens (including phenoxy) is 7. The van der Waals surface area contributed by atoms with E-state index < -0.39 is 28.9 Å². The molecule has 2 unspecified atom stereocenters. The molecule has 0 aliphatic heterocycles. The Morgan fingerprint density at radius 1 is 0.697 bits per heavy atom. The van der Waals surface area contributed by atoms with E-state index in [1.165, 1.54) is 0 Å². The lowest BCUT2D eigenvalue weighted by atomic mass is 9.73. The van der Waals surface area contributed by atoms with Crippen molar-refractivity contribution in [1.82, 2.24) is 0 Å². The summed E-state index contributed by atoms with van der Waals surface area (Å²) in [5.74, 6) is -6.00. The lowest BCUT2D eigenvalue weighted by Crippen LogP contribution is -2.82. The molecule has 0 N–H and O–H groups in total. The Labute approximate surface area is 199 Å². The van der Waals surface area contributed by atoms with E-state index in [2.05, 4.69) is 6.58 Å². The molecule has 192 valence electrons. The fourth-order valence-corrected chi connectivity index (χ4v) is 4.50. The van der Waals surface area contributed by atoms with Gasteiger partial charge in [-0.05, 0) is 67.0 Å². The molecule has 1 aliphatic rings. The first-order valence-corrected chi connectivity index (χ1v) is 12.1. The first-order chi connectivity index (χ1) is 15.7. The predicted octanol–water partition coefficient (Wildman–Crippen LogP) is 4.52. The Morgan fingerprint density at radius 2 is 1.15 bits per heavy atom. The molecule has 1 aliphatic carbocycles. The van der Waals surface area contributed by atoms with Crippen LogP contribution < -0.4 is 0 Å². The van der Waals surface area contributed by atoms with Crippen LogP contribution in [0.25, 0.3) is 0 Å². The highest BCUT2D eigenvalue weighted by Crippen LogP contribution is 2.56. The number of rotatable bonds is 16. The minimum absolute atomic E-state index is 0.194. The average Bonchev–Trinajstić information content (AvgIpc) is 2.76. The third kappa shape index (κ3) is 5.21. The van der Waals surface area contributed by atoms with Crippen LogP contribution in [0, 0.1) is 0 Å². The maximum absolute atomic E-state index is 12.9. The van der Waals surface area contributed by atoms with Crippen molar-refractivity contribution in [3.05, 3.63) is 24.3 Å². The van der Waals surface area contributed by atoms with Gasteiger partial charge in [-0.3, -0.25) is 0 Å². The maximum atomic E-state index is 12.9. The van der Waals surface area contributed by atoms with Gasteiger partial charge < -0.3 is 33.2 Å². The van der Waals surface area contributed by atoms with E-state index in [0.717, 1.165) is 6.42 Å². The molecule has 0 aromatic carbocycles. The average molecular weight is 473 g/mol. The van der Waals surface area contributed by atoms with E-state index in [9.17, 15) is 4.79 Å². The van der Waals surface area contributed by atoms with Crippen LogP contribution in [0.15, 0.2) is 24.3 Å². The summed E-state index contributed by atoms with van der Waals surface area (Å²) in [6, 6.07) is 0. The second kappa shape index (κ2) is 13.0. The zero-order chi connectivity index (χ0) is 25.2. The SMILES string of the molecule is C=C(C)C(=O)OC1(OCC)C=CC(CCC)(OCC)C(OCC)(OCC)C1(OCC)OCC. The van der Waals surface area contributed by atoms with Gasteiger partial charge in [-0.2, -0.15) is 0 Å². The van der Waals surface area contributed by atoms with Crippen molar-refractivity contribution >= 4 is 5.97 Å². The van der Waals surface area contributed by atoms with Crippen LogP contribution >= 0.6 is 0 Å². The molecule has 0 bridgehead atoms. The van der Waals surface area contributed by atoms with Crippen LogP contribution in [-0.4, -0.2) is 68.6 Å². The molecule has 0 fully saturated rings. The summed E-state index contributed by atoms with van der Waals surface area (Å²) in [7, 11) is 0. The van der Waals surface area contributed by atoms with Gasteiger partial charge in [-0.25, -0.2) is 4.79 Å². The van der Waals surface area contributed by atoms with Gasteiger partial charge in [0.15, 0.2) is 0 Å². The van der Waals surface area contributed by atoms with Crippen molar-refractivity contribution in [2.24, 2.45) is 0 Å². The van der Waals surface area contributed by atoms with Crippen LogP contribution in [0.3, 0.4) is 0 Å². The normalized spacial score (nSPS) is 25.7. The van der Waals surface area contributed by atoms with E-state index in [1.54, 1.807) is 19.9 Å². The summed E-state index contributed by atoms with van der Waals surface area (Å²) < 4.78 is 44.2. The molecule has 0 saturated carbocycles. The molecule has 8 nitrogen and oxygen atoms in total. The molecular weight excluding hydrogens is 428 g/mol. The van der Waals surface area contributed by atoms with Gasteiger partial charge in [0.1, 0.15) is 5.60 Å². The zero-order valence-corrected chi connectivity index (χ0v) is 21.8. The van der Waals surface area contributed by atoms with Gasteiger partial charge in [-0.1, -0.05) is 19.9 Å². The highest BCUT2D eigenvalue weighted by molar-refractivity contribution is 5.87. The quantitative estimate of drug-likeness (QED) is 0.140. The van der Waals surface area contributed by atoms with E-state index in [0.29, 0.717) is 13.0 Å².